The number of nitrogen functional groups attached to an aromatic ring is 1. The number of anilines is 1. The van der Waals surface area contributed by atoms with Crippen LogP contribution in [0.4, 0.5) is 5.82 Å². The van der Waals surface area contributed by atoms with E-state index in [0.717, 1.165) is 22.3 Å². The lowest BCUT2D eigenvalue weighted by Gasteiger charge is -2.09. The topological polar surface area (TPSA) is 64.7 Å². The maximum atomic E-state index is 6.00. The predicted molar refractivity (Wildman–Crippen MR) is 87.1 cm³/mol. The third kappa shape index (κ3) is 2.08. The number of pyridine rings is 1. The molecular formula is C18H14N4. The van der Waals surface area contributed by atoms with Gasteiger partial charge >= 0.3 is 0 Å². The van der Waals surface area contributed by atoms with Gasteiger partial charge in [-0.05, 0) is 42.5 Å². The lowest BCUT2D eigenvalue weighted by atomic mass is 10.0. The Morgan fingerprint density at radius 3 is 2.77 bits per heavy atom. The molecule has 1 aliphatic rings. The van der Waals surface area contributed by atoms with E-state index in [1.807, 2.05) is 24.3 Å². The Labute approximate surface area is 128 Å². The van der Waals surface area contributed by atoms with Crippen molar-refractivity contribution in [3.8, 4) is 23.6 Å². The van der Waals surface area contributed by atoms with E-state index in [-0.39, 0.29) is 0 Å². The molecule has 4 nitrogen and oxygen atoms in total. The molecule has 0 saturated heterocycles. The van der Waals surface area contributed by atoms with Gasteiger partial charge in [0.05, 0.1) is 11.2 Å². The Kier molecular flexibility index (Phi) is 2.80. The van der Waals surface area contributed by atoms with Gasteiger partial charge in [0.2, 0.25) is 0 Å². The zero-order valence-corrected chi connectivity index (χ0v) is 12.0. The molecule has 4 heteroatoms. The zero-order valence-electron chi connectivity index (χ0n) is 12.0. The number of hydrogen-bond donors (Lipinski definition) is 1. The number of aromatic nitrogens is 3. The molecule has 0 bridgehead atoms. The molecule has 4 rings (SSSR count). The van der Waals surface area contributed by atoms with E-state index in [0.29, 0.717) is 17.3 Å². The van der Waals surface area contributed by atoms with Crippen LogP contribution in [0.25, 0.3) is 22.3 Å². The number of nitrogens with two attached hydrogens (primary N) is 1. The molecule has 106 valence electrons. The van der Waals surface area contributed by atoms with Crippen molar-refractivity contribution in [1.82, 2.24) is 15.0 Å². The number of nitrogens with zero attached hydrogens (tertiary/aromatic N) is 3. The molecule has 1 fully saturated rings. The summed E-state index contributed by atoms with van der Waals surface area (Å²) < 4.78 is 0. The van der Waals surface area contributed by atoms with E-state index in [9.17, 15) is 0 Å². The zero-order chi connectivity index (χ0) is 15.1. The molecule has 1 aliphatic carbocycles. The van der Waals surface area contributed by atoms with Gasteiger partial charge in [-0.2, -0.15) is 0 Å². The molecule has 2 heterocycles. The molecule has 0 spiro atoms. The van der Waals surface area contributed by atoms with Crippen LogP contribution in [-0.2, 0) is 0 Å². The number of hydrogen-bond acceptors (Lipinski definition) is 4. The summed E-state index contributed by atoms with van der Waals surface area (Å²) in [6, 6.07) is 9.93. The summed E-state index contributed by atoms with van der Waals surface area (Å²) in [7, 11) is 0. The van der Waals surface area contributed by atoms with Gasteiger partial charge in [0.1, 0.15) is 11.8 Å². The number of benzene rings is 1. The summed E-state index contributed by atoms with van der Waals surface area (Å²) in [6.45, 7) is 0. The fraction of sp³-hybridized carbons (Fsp3) is 0.167. The monoisotopic (exact) mass is 286 g/mol. The lowest BCUT2D eigenvalue weighted by molar-refractivity contribution is 1.11. The fourth-order valence-electron chi connectivity index (χ4n) is 2.70. The van der Waals surface area contributed by atoms with Gasteiger partial charge in [-0.1, -0.05) is 18.1 Å². The third-order valence-corrected chi connectivity index (χ3v) is 3.99. The molecule has 22 heavy (non-hydrogen) atoms. The van der Waals surface area contributed by atoms with Crippen molar-refractivity contribution in [2.45, 2.75) is 18.8 Å². The third-order valence-electron chi connectivity index (χ3n) is 3.99. The molecule has 3 aromatic rings. The quantitative estimate of drug-likeness (QED) is 0.735. The van der Waals surface area contributed by atoms with E-state index in [1.165, 1.54) is 24.7 Å². The Morgan fingerprint density at radius 1 is 1.14 bits per heavy atom. The van der Waals surface area contributed by atoms with E-state index in [2.05, 4.69) is 26.9 Å². The number of fused-ring (bicyclic) bond motifs is 1. The highest BCUT2D eigenvalue weighted by Crippen LogP contribution is 2.43. The Morgan fingerprint density at radius 2 is 2.00 bits per heavy atom. The van der Waals surface area contributed by atoms with Crippen molar-refractivity contribution < 1.29 is 0 Å². The predicted octanol–water partition coefficient (Wildman–Crippen LogP) is 3.13. The van der Waals surface area contributed by atoms with E-state index in [4.69, 9.17) is 12.2 Å². The first kappa shape index (κ1) is 12.8. The highest BCUT2D eigenvalue weighted by atomic mass is 14.9. The molecule has 0 atom stereocenters. The molecule has 0 unspecified atom stereocenters. The maximum absolute atomic E-state index is 6.00. The second kappa shape index (κ2) is 4.81. The van der Waals surface area contributed by atoms with Crippen LogP contribution in [0.15, 0.2) is 36.7 Å². The summed E-state index contributed by atoms with van der Waals surface area (Å²) in [4.78, 5) is 13.1. The highest BCUT2D eigenvalue weighted by Gasteiger charge is 2.27. The smallest absolute Gasteiger partial charge is 0.153 e. The second-order valence-electron chi connectivity index (χ2n) is 5.55. The van der Waals surface area contributed by atoms with Crippen molar-refractivity contribution in [2.75, 3.05) is 5.73 Å². The lowest BCUT2D eigenvalue weighted by Crippen LogP contribution is -1.99. The SMILES string of the molecule is C#Cc1cccc(-c2cc(C3CC3)c3ncnc(N)c3n2)c1. The number of terminal acetylenes is 1. The average molecular weight is 286 g/mol. The minimum Gasteiger partial charge on any atom is -0.382 e. The van der Waals surface area contributed by atoms with Crippen molar-refractivity contribution in [3.63, 3.8) is 0 Å². The maximum Gasteiger partial charge on any atom is 0.153 e. The molecular weight excluding hydrogens is 272 g/mol. The van der Waals surface area contributed by atoms with Crippen LogP contribution in [0.1, 0.15) is 29.9 Å². The standard InChI is InChI=1S/C18H14N4/c1-2-11-4-3-5-13(8-11)15-9-14(12-6-7-12)16-17(22-15)18(19)21-10-20-16/h1,3-5,8-10,12H,6-7H2,(H2,19,20,21). The van der Waals surface area contributed by atoms with Crippen LogP contribution in [-0.4, -0.2) is 15.0 Å². The van der Waals surface area contributed by atoms with Crippen molar-refractivity contribution in [3.05, 3.63) is 47.8 Å². The van der Waals surface area contributed by atoms with Crippen LogP contribution in [0, 0.1) is 12.3 Å². The summed E-state index contributed by atoms with van der Waals surface area (Å²) in [6.07, 6.45) is 9.37. The molecule has 2 aromatic heterocycles. The fourth-order valence-corrected chi connectivity index (χ4v) is 2.70. The Balaban J connectivity index is 1.98. The molecule has 1 saturated carbocycles. The Hall–Kier alpha value is -2.93. The molecule has 0 amide bonds. The highest BCUT2D eigenvalue weighted by molar-refractivity contribution is 5.89. The van der Waals surface area contributed by atoms with Gasteiger partial charge in [0, 0.05) is 11.1 Å². The van der Waals surface area contributed by atoms with Crippen molar-refractivity contribution in [1.29, 1.82) is 0 Å². The number of rotatable bonds is 2. The molecule has 1 aromatic carbocycles. The molecule has 0 aliphatic heterocycles. The van der Waals surface area contributed by atoms with Gasteiger partial charge in [-0.15, -0.1) is 6.42 Å². The van der Waals surface area contributed by atoms with Crippen molar-refractivity contribution in [2.24, 2.45) is 0 Å². The molecule has 2 N–H and O–H groups in total. The van der Waals surface area contributed by atoms with E-state index >= 15 is 0 Å². The van der Waals surface area contributed by atoms with Gasteiger partial charge in [0.15, 0.2) is 5.82 Å². The van der Waals surface area contributed by atoms with E-state index in [1.54, 1.807) is 0 Å². The van der Waals surface area contributed by atoms with Crippen LogP contribution >= 0.6 is 0 Å². The summed E-state index contributed by atoms with van der Waals surface area (Å²) in [5, 5.41) is 0. The minimum atomic E-state index is 0.418. The van der Waals surface area contributed by atoms with Gasteiger partial charge in [0.25, 0.3) is 0 Å². The van der Waals surface area contributed by atoms with Crippen LogP contribution < -0.4 is 5.73 Å². The van der Waals surface area contributed by atoms with Crippen LogP contribution in [0.5, 0.6) is 0 Å². The summed E-state index contributed by atoms with van der Waals surface area (Å²) >= 11 is 0. The first-order valence-corrected chi connectivity index (χ1v) is 7.24. The van der Waals surface area contributed by atoms with Gasteiger partial charge in [-0.25, -0.2) is 15.0 Å². The first-order chi connectivity index (χ1) is 10.8. The Bertz CT molecular complexity index is 920. The van der Waals surface area contributed by atoms with Crippen LogP contribution in [0.3, 0.4) is 0 Å². The average Bonchev–Trinajstić information content (AvgIpc) is 3.39. The summed E-state index contributed by atoms with van der Waals surface area (Å²) in [5.41, 5.74) is 11.4. The first-order valence-electron chi connectivity index (χ1n) is 7.24. The summed E-state index contributed by atoms with van der Waals surface area (Å²) in [5.74, 6) is 3.63. The van der Waals surface area contributed by atoms with Gasteiger partial charge < -0.3 is 5.73 Å². The second-order valence-corrected chi connectivity index (χ2v) is 5.55. The van der Waals surface area contributed by atoms with Gasteiger partial charge in [-0.3, -0.25) is 0 Å². The minimum absolute atomic E-state index is 0.418. The largest absolute Gasteiger partial charge is 0.382 e. The van der Waals surface area contributed by atoms with E-state index < -0.39 is 0 Å². The molecule has 0 radical (unpaired) electrons. The van der Waals surface area contributed by atoms with Crippen LogP contribution in [0.2, 0.25) is 0 Å². The van der Waals surface area contributed by atoms with Crippen molar-refractivity contribution >= 4 is 16.9 Å². The normalized spacial score (nSPS) is 14.0.